The number of hydrogen-bond donors (Lipinski definition) is 2. The first-order chi connectivity index (χ1) is 11.3. The lowest BCUT2D eigenvalue weighted by Gasteiger charge is -2.23. The molecular formula is C17H26N6O. The van der Waals surface area contributed by atoms with E-state index in [1.54, 1.807) is 18.5 Å². The summed E-state index contributed by atoms with van der Waals surface area (Å²) in [5.74, 6) is 0.678. The molecule has 0 saturated heterocycles. The van der Waals surface area contributed by atoms with Crippen LogP contribution < -0.4 is 10.6 Å². The van der Waals surface area contributed by atoms with Crippen molar-refractivity contribution in [2.24, 2.45) is 0 Å². The van der Waals surface area contributed by atoms with Gasteiger partial charge >= 0.3 is 0 Å². The van der Waals surface area contributed by atoms with E-state index in [4.69, 9.17) is 0 Å². The van der Waals surface area contributed by atoms with Crippen molar-refractivity contribution in [3.05, 3.63) is 35.9 Å². The van der Waals surface area contributed by atoms with Gasteiger partial charge in [-0.05, 0) is 38.8 Å². The maximum Gasteiger partial charge on any atom is 0.271 e. The van der Waals surface area contributed by atoms with E-state index in [2.05, 4.69) is 60.3 Å². The molecule has 0 atom stereocenters. The maximum atomic E-state index is 12.3. The molecule has 0 aliphatic carbocycles. The molecule has 24 heavy (non-hydrogen) atoms. The van der Waals surface area contributed by atoms with Crippen molar-refractivity contribution in [3.63, 3.8) is 0 Å². The Hall–Kier alpha value is -2.44. The Morgan fingerprint density at radius 3 is 2.42 bits per heavy atom. The lowest BCUT2D eigenvalue weighted by molar-refractivity contribution is 0.0948. The van der Waals surface area contributed by atoms with Crippen LogP contribution in [0.3, 0.4) is 0 Å². The van der Waals surface area contributed by atoms with E-state index in [1.165, 1.54) is 0 Å². The molecule has 2 heterocycles. The van der Waals surface area contributed by atoms with Crippen LogP contribution in [0, 0.1) is 0 Å². The number of carbonyl (C=O) groups is 1. The molecule has 0 aliphatic heterocycles. The van der Waals surface area contributed by atoms with Crippen molar-refractivity contribution in [2.75, 3.05) is 18.4 Å². The predicted molar refractivity (Wildman–Crippen MR) is 94.2 cm³/mol. The second-order valence-electron chi connectivity index (χ2n) is 6.95. The number of amides is 1. The highest BCUT2D eigenvalue weighted by Gasteiger charge is 2.23. The highest BCUT2D eigenvalue weighted by Crippen LogP contribution is 2.23. The Labute approximate surface area is 142 Å². The summed E-state index contributed by atoms with van der Waals surface area (Å²) >= 11 is 0. The van der Waals surface area contributed by atoms with Crippen LogP contribution in [0.25, 0.3) is 0 Å². The van der Waals surface area contributed by atoms with E-state index in [1.807, 2.05) is 10.7 Å². The fraction of sp³-hybridized carbons (Fsp3) is 0.529. The fourth-order valence-electron chi connectivity index (χ4n) is 2.29. The van der Waals surface area contributed by atoms with E-state index >= 15 is 0 Å². The molecular weight excluding hydrogens is 304 g/mol. The van der Waals surface area contributed by atoms with E-state index < -0.39 is 0 Å². The van der Waals surface area contributed by atoms with Crippen molar-refractivity contribution in [2.45, 2.75) is 46.1 Å². The molecule has 0 aromatic carbocycles. The zero-order valence-electron chi connectivity index (χ0n) is 15.0. The molecule has 0 fully saturated rings. The Bertz CT molecular complexity index is 672. The van der Waals surface area contributed by atoms with Crippen molar-refractivity contribution in [1.82, 2.24) is 25.1 Å². The molecule has 0 spiro atoms. The van der Waals surface area contributed by atoms with Gasteiger partial charge in [0.2, 0.25) is 5.95 Å². The van der Waals surface area contributed by atoms with Crippen molar-refractivity contribution in [3.8, 4) is 0 Å². The standard InChI is InChI=1S/C17H26N6O/c1-12(2)14-11-13(22-23(14)17(3,4)5)15(24)18-9-10-21-16-19-7-6-8-20-16/h6-8,11-12H,9-10H2,1-5H3,(H,18,24)(H,19,20,21). The quantitative estimate of drug-likeness (QED) is 0.795. The minimum atomic E-state index is -0.171. The van der Waals surface area contributed by atoms with Gasteiger partial charge in [0.1, 0.15) is 5.69 Å². The molecule has 0 aliphatic rings. The lowest BCUT2D eigenvalue weighted by atomic mass is 10.1. The first-order valence-corrected chi connectivity index (χ1v) is 8.18. The Morgan fingerprint density at radius 2 is 1.88 bits per heavy atom. The normalized spacial score (nSPS) is 11.6. The minimum Gasteiger partial charge on any atom is -0.352 e. The highest BCUT2D eigenvalue weighted by atomic mass is 16.1. The third-order valence-electron chi connectivity index (χ3n) is 3.46. The number of nitrogens with one attached hydrogen (secondary N) is 2. The molecule has 2 aromatic rings. The summed E-state index contributed by atoms with van der Waals surface area (Å²) in [6.45, 7) is 11.5. The predicted octanol–water partition coefficient (Wildman–Crippen LogP) is 2.39. The molecule has 2 N–H and O–H groups in total. The van der Waals surface area contributed by atoms with Crippen LogP contribution in [0.15, 0.2) is 24.5 Å². The molecule has 0 saturated carbocycles. The van der Waals surface area contributed by atoms with Crippen LogP contribution in [0.4, 0.5) is 5.95 Å². The average Bonchev–Trinajstić information content (AvgIpc) is 2.98. The van der Waals surface area contributed by atoms with Crippen molar-refractivity contribution in [1.29, 1.82) is 0 Å². The lowest BCUT2D eigenvalue weighted by Crippen LogP contribution is -2.30. The van der Waals surface area contributed by atoms with Gasteiger partial charge in [0.25, 0.3) is 5.91 Å². The number of nitrogens with zero attached hydrogens (tertiary/aromatic N) is 4. The zero-order valence-corrected chi connectivity index (χ0v) is 15.0. The average molecular weight is 330 g/mol. The smallest absolute Gasteiger partial charge is 0.271 e. The summed E-state index contributed by atoms with van der Waals surface area (Å²) in [4.78, 5) is 20.5. The number of aromatic nitrogens is 4. The summed E-state index contributed by atoms with van der Waals surface area (Å²) in [6, 6.07) is 3.63. The molecule has 130 valence electrons. The third kappa shape index (κ3) is 4.53. The number of hydrogen-bond acceptors (Lipinski definition) is 5. The van der Waals surface area contributed by atoms with Crippen LogP contribution in [-0.2, 0) is 5.54 Å². The highest BCUT2D eigenvalue weighted by molar-refractivity contribution is 5.92. The van der Waals surface area contributed by atoms with Crippen molar-refractivity contribution >= 4 is 11.9 Å². The van der Waals surface area contributed by atoms with Gasteiger partial charge in [-0.2, -0.15) is 5.10 Å². The van der Waals surface area contributed by atoms with Gasteiger partial charge < -0.3 is 10.6 Å². The van der Waals surface area contributed by atoms with Gasteiger partial charge in [0, 0.05) is 31.2 Å². The summed E-state index contributed by atoms with van der Waals surface area (Å²) in [5.41, 5.74) is 1.35. The van der Waals surface area contributed by atoms with Crippen LogP contribution >= 0.6 is 0 Å². The molecule has 0 radical (unpaired) electrons. The summed E-state index contributed by atoms with van der Waals surface area (Å²) in [6.07, 6.45) is 3.33. The van der Waals surface area contributed by atoms with Gasteiger partial charge in [-0.1, -0.05) is 13.8 Å². The number of carbonyl (C=O) groups excluding carboxylic acids is 1. The van der Waals surface area contributed by atoms with E-state index in [9.17, 15) is 4.79 Å². The van der Waals surface area contributed by atoms with Gasteiger partial charge in [-0.15, -0.1) is 0 Å². The zero-order chi connectivity index (χ0) is 17.7. The number of rotatable bonds is 6. The second-order valence-corrected chi connectivity index (χ2v) is 6.95. The Balaban J connectivity index is 1.95. The molecule has 1 amide bonds. The van der Waals surface area contributed by atoms with Crippen LogP contribution in [0.1, 0.15) is 56.7 Å². The minimum absolute atomic E-state index is 0.162. The Morgan fingerprint density at radius 1 is 1.21 bits per heavy atom. The van der Waals surface area contributed by atoms with Gasteiger partial charge in [-0.3, -0.25) is 9.48 Å². The van der Waals surface area contributed by atoms with Crippen LogP contribution in [-0.4, -0.2) is 38.7 Å². The molecule has 2 aromatic heterocycles. The van der Waals surface area contributed by atoms with Crippen LogP contribution in [0.2, 0.25) is 0 Å². The van der Waals surface area contributed by atoms with Gasteiger partial charge in [0.05, 0.1) is 5.54 Å². The summed E-state index contributed by atoms with van der Waals surface area (Å²) < 4.78 is 1.93. The molecule has 7 nitrogen and oxygen atoms in total. The largest absolute Gasteiger partial charge is 0.352 e. The second kappa shape index (κ2) is 7.42. The molecule has 2 rings (SSSR count). The van der Waals surface area contributed by atoms with E-state index in [0.29, 0.717) is 30.6 Å². The summed E-state index contributed by atoms with van der Waals surface area (Å²) in [7, 11) is 0. The first-order valence-electron chi connectivity index (χ1n) is 8.18. The molecule has 7 heteroatoms. The van der Waals surface area contributed by atoms with E-state index in [0.717, 1.165) is 5.69 Å². The Kier molecular flexibility index (Phi) is 5.54. The summed E-state index contributed by atoms with van der Waals surface area (Å²) in [5, 5.41) is 10.4. The van der Waals surface area contributed by atoms with Crippen LogP contribution in [0.5, 0.6) is 0 Å². The van der Waals surface area contributed by atoms with Gasteiger partial charge in [-0.25, -0.2) is 9.97 Å². The first kappa shape index (κ1) is 17.9. The monoisotopic (exact) mass is 330 g/mol. The van der Waals surface area contributed by atoms with Crippen molar-refractivity contribution < 1.29 is 4.79 Å². The molecule has 0 bridgehead atoms. The molecule has 0 unspecified atom stereocenters. The number of anilines is 1. The fourth-order valence-corrected chi connectivity index (χ4v) is 2.29. The SMILES string of the molecule is CC(C)c1cc(C(=O)NCCNc2ncccn2)nn1C(C)(C)C. The third-order valence-corrected chi connectivity index (χ3v) is 3.46. The topological polar surface area (TPSA) is 84.7 Å². The van der Waals surface area contributed by atoms with E-state index in [-0.39, 0.29) is 11.4 Å². The van der Waals surface area contributed by atoms with Gasteiger partial charge in [0.15, 0.2) is 0 Å². The maximum absolute atomic E-state index is 12.3.